The van der Waals surface area contributed by atoms with Crippen molar-refractivity contribution in [3.63, 3.8) is 0 Å². The maximum atomic E-state index is 12.8. The second-order valence-corrected chi connectivity index (χ2v) is 7.55. The topological polar surface area (TPSA) is 43.9 Å². The molecule has 0 bridgehead atoms. The van der Waals surface area contributed by atoms with Crippen LogP contribution in [0.2, 0.25) is 0 Å². The van der Waals surface area contributed by atoms with Crippen LogP contribution in [-0.4, -0.2) is 68.7 Å². The van der Waals surface area contributed by atoms with Gasteiger partial charge in [0.05, 0.1) is 0 Å². The summed E-state index contributed by atoms with van der Waals surface area (Å²) in [7, 11) is -0.193. The Morgan fingerprint density at radius 1 is 1.10 bits per heavy atom. The van der Waals surface area contributed by atoms with E-state index in [9.17, 15) is 12.8 Å². The minimum Gasteiger partial charge on any atom is -0.300 e. The molecule has 0 radical (unpaired) electrons. The van der Waals surface area contributed by atoms with Gasteiger partial charge >= 0.3 is 0 Å². The monoisotopic (exact) mass is 315 g/mol. The summed E-state index contributed by atoms with van der Waals surface area (Å²) in [6.07, 6.45) is 0.848. The molecule has 0 aromatic heterocycles. The molecular formula is C14H22FN3O2S. The van der Waals surface area contributed by atoms with Crippen LogP contribution in [0, 0.1) is 5.82 Å². The largest absolute Gasteiger partial charge is 0.300 e. The molecular weight excluding hydrogens is 293 g/mol. The second-order valence-electron chi connectivity index (χ2n) is 5.41. The number of hydrogen-bond acceptors (Lipinski definition) is 3. The van der Waals surface area contributed by atoms with Gasteiger partial charge in [-0.3, -0.25) is 0 Å². The fourth-order valence-electron chi connectivity index (χ4n) is 2.35. The van der Waals surface area contributed by atoms with Gasteiger partial charge in [0.15, 0.2) is 0 Å². The van der Waals surface area contributed by atoms with Crippen LogP contribution < -0.4 is 0 Å². The summed E-state index contributed by atoms with van der Waals surface area (Å²) >= 11 is 0. The van der Waals surface area contributed by atoms with Crippen molar-refractivity contribution in [3.05, 3.63) is 35.6 Å². The van der Waals surface area contributed by atoms with Crippen LogP contribution in [-0.2, 0) is 16.6 Å². The van der Waals surface area contributed by atoms with Gasteiger partial charge in [0.2, 0.25) is 0 Å². The highest BCUT2D eigenvalue weighted by Gasteiger charge is 2.28. The van der Waals surface area contributed by atoms with E-state index in [2.05, 4.69) is 4.90 Å². The van der Waals surface area contributed by atoms with E-state index < -0.39 is 10.2 Å². The van der Waals surface area contributed by atoms with Crippen LogP contribution in [0.15, 0.2) is 24.3 Å². The zero-order valence-electron chi connectivity index (χ0n) is 12.5. The molecule has 1 fully saturated rings. The summed E-state index contributed by atoms with van der Waals surface area (Å²) in [5.74, 6) is -0.221. The van der Waals surface area contributed by atoms with Crippen molar-refractivity contribution >= 4 is 10.2 Å². The molecule has 118 valence electrons. The van der Waals surface area contributed by atoms with Crippen LogP contribution in [0.25, 0.3) is 0 Å². The normalized spacial score (nSPS) is 18.3. The summed E-state index contributed by atoms with van der Waals surface area (Å²) < 4.78 is 39.6. The van der Waals surface area contributed by atoms with Gasteiger partial charge < -0.3 is 4.90 Å². The third-order valence-electron chi connectivity index (χ3n) is 3.75. The molecule has 0 atom stereocenters. The number of nitrogens with zero attached hydrogens (tertiary/aromatic N) is 3. The van der Waals surface area contributed by atoms with Gasteiger partial charge in [0.25, 0.3) is 10.2 Å². The van der Waals surface area contributed by atoms with E-state index in [1.54, 1.807) is 26.2 Å². The number of piperazine rings is 1. The molecule has 1 aromatic rings. The zero-order valence-corrected chi connectivity index (χ0v) is 13.3. The van der Waals surface area contributed by atoms with Crippen molar-refractivity contribution in [1.82, 2.24) is 13.5 Å². The van der Waals surface area contributed by atoms with Crippen LogP contribution in [0.3, 0.4) is 0 Å². The standard InChI is InChI=1S/C14H22FN3O2S/c1-16(2)21(19,20)18-11-9-17(10-12-18)8-7-13-3-5-14(15)6-4-13/h3-6H,7-12H2,1-2H3. The quantitative estimate of drug-likeness (QED) is 0.807. The minimum atomic E-state index is -3.30. The lowest BCUT2D eigenvalue weighted by atomic mass is 10.1. The molecule has 0 spiro atoms. The summed E-state index contributed by atoms with van der Waals surface area (Å²) in [4.78, 5) is 2.24. The van der Waals surface area contributed by atoms with Crippen molar-refractivity contribution in [2.24, 2.45) is 0 Å². The Hall–Kier alpha value is -1.02. The van der Waals surface area contributed by atoms with E-state index in [4.69, 9.17) is 0 Å². The van der Waals surface area contributed by atoms with E-state index in [1.165, 1.54) is 20.7 Å². The SMILES string of the molecule is CN(C)S(=O)(=O)N1CCN(CCc2ccc(F)cc2)CC1. The van der Waals surface area contributed by atoms with Crippen molar-refractivity contribution in [1.29, 1.82) is 0 Å². The fraction of sp³-hybridized carbons (Fsp3) is 0.571. The molecule has 1 heterocycles. The third kappa shape index (κ3) is 4.23. The zero-order chi connectivity index (χ0) is 15.5. The van der Waals surface area contributed by atoms with Gasteiger partial charge in [-0.25, -0.2) is 4.39 Å². The summed E-state index contributed by atoms with van der Waals surface area (Å²) in [5, 5.41) is 0. The van der Waals surface area contributed by atoms with Gasteiger partial charge in [-0.1, -0.05) is 12.1 Å². The molecule has 0 aliphatic carbocycles. The van der Waals surface area contributed by atoms with Gasteiger partial charge in [-0.15, -0.1) is 0 Å². The highest BCUT2D eigenvalue weighted by molar-refractivity contribution is 7.86. The third-order valence-corrected chi connectivity index (χ3v) is 5.69. The fourth-order valence-corrected chi connectivity index (χ4v) is 3.44. The Bertz CT molecular complexity index is 552. The molecule has 2 rings (SSSR count). The smallest absolute Gasteiger partial charge is 0.281 e. The van der Waals surface area contributed by atoms with Crippen LogP contribution in [0.5, 0.6) is 0 Å². The highest BCUT2D eigenvalue weighted by Crippen LogP contribution is 2.11. The van der Waals surface area contributed by atoms with E-state index in [-0.39, 0.29) is 5.82 Å². The Morgan fingerprint density at radius 3 is 2.19 bits per heavy atom. The van der Waals surface area contributed by atoms with E-state index >= 15 is 0 Å². The lowest BCUT2D eigenvalue weighted by Crippen LogP contribution is -2.51. The molecule has 0 N–H and O–H groups in total. The average molecular weight is 315 g/mol. The summed E-state index contributed by atoms with van der Waals surface area (Å²) in [5.41, 5.74) is 1.10. The van der Waals surface area contributed by atoms with Gasteiger partial charge in [0, 0.05) is 46.8 Å². The summed E-state index contributed by atoms with van der Waals surface area (Å²) in [6, 6.07) is 6.53. The summed E-state index contributed by atoms with van der Waals surface area (Å²) in [6.45, 7) is 3.36. The number of hydrogen-bond donors (Lipinski definition) is 0. The molecule has 0 saturated carbocycles. The first-order valence-electron chi connectivity index (χ1n) is 7.04. The molecule has 1 aliphatic rings. The Kier molecular flexibility index (Phi) is 5.32. The predicted molar refractivity (Wildman–Crippen MR) is 80.7 cm³/mol. The van der Waals surface area contributed by atoms with Gasteiger partial charge in [-0.2, -0.15) is 17.0 Å². The van der Waals surface area contributed by atoms with Crippen molar-refractivity contribution in [2.45, 2.75) is 6.42 Å². The first-order valence-corrected chi connectivity index (χ1v) is 8.43. The molecule has 1 saturated heterocycles. The van der Waals surface area contributed by atoms with Crippen molar-refractivity contribution < 1.29 is 12.8 Å². The first kappa shape index (κ1) is 16.4. The number of halogens is 1. The van der Waals surface area contributed by atoms with Crippen molar-refractivity contribution in [2.75, 3.05) is 46.8 Å². The van der Waals surface area contributed by atoms with E-state index in [0.29, 0.717) is 13.1 Å². The molecule has 21 heavy (non-hydrogen) atoms. The molecule has 0 amide bonds. The van der Waals surface area contributed by atoms with Gasteiger partial charge in [-0.05, 0) is 24.1 Å². The average Bonchev–Trinajstić information content (AvgIpc) is 2.47. The number of rotatable bonds is 5. The predicted octanol–water partition coefficient (Wildman–Crippen LogP) is 0.792. The molecule has 1 aromatic carbocycles. The maximum absolute atomic E-state index is 12.8. The molecule has 1 aliphatic heterocycles. The Morgan fingerprint density at radius 2 is 1.67 bits per heavy atom. The molecule has 7 heteroatoms. The molecule has 5 nitrogen and oxygen atoms in total. The minimum absolute atomic E-state index is 0.221. The highest BCUT2D eigenvalue weighted by atomic mass is 32.2. The number of benzene rings is 1. The van der Waals surface area contributed by atoms with E-state index in [0.717, 1.165) is 31.6 Å². The Labute approximate surface area is 126 Å². The second kappa shape index (κ2) is 6.83. The lowest BCUT2D eigenvalue weighted by molar-refractivity contribution is 0.185. The lowest BCUT2D eigenvalue weighted by Gasteiger charge is -2.35. The van der Waals surface area contributed by atoms with E-state index in [1.807, 2.05) is 0 Å². The molecule has 0 unspecified atom stereocenters. The van der Waals surface area contributed by atoms with Crippen LogP contribution in [0.1, 0.15) is 5.56 Å². The van der Waals surface area contributed by atoms with Crippen LogP contribution in [0.4, 0.5) is 4.39 Å². The maximum Gasteiger partial charge on any atom is 0.281 e. The van der Waals surface area contributed by atoms with Gasteiger partial charge in [0.1, 0.15) is 5.82 Å². The first-order chi connectivity index (χ1) is 9.89. The van der Waals surface area contributed by atoms with Crippen molar-refractivity contribution in [3.8, 4) is 0 Å². The van der Waals surface area contributed by atoms with Crippen LogP contribution >= 0.6 is 0 Å². The Balaban J connectivity index is 1.81.